The highest BCUT2D eigenvalue weighted by atomic mass is 79.9. The molecule has 114 valence electrons. The third-order valence-electron chi connectivity index (χ3n) is 3.00. The molecule has 0 radical (unpaired) electrons. The summed E-state index contributed by atoms with van der Waals surface area (Å²) in [5.74, 6) is 0.621. The van der Waals surface area contributed by atoms with E-state index in [0.717, 1.165) is 17.3 Å². The summed E-state index contributed by atoms with van der Waals surface area (Å²) in [5, 5.41) is 5.65. The monoisotopic (exact) mass is 354 g/mol. The summed E-state index contributed by atoms with van der Waals surface area (Å²) in [5.41, 5.74) is 0.687. The van der Waals surface area contributed by atoms with E-state index in [0.29, 0.717) is 36.9 Å². The normalized spacial score (nSPS) is 13.6. The lowest BCUT2D eigenvalue weighted by Gasteiger charge is -2.10. The maximum Gasteiger partial charge on any atom is 0.221 e. The smallest absolute Gasteiger partial charge is 0.221 e. The molecule has 2 amide bonds. The van der Waals surface area contributed by atoms with Crippen molar-refractivity contribution in [3.8, 4) is 5.75 Å². The van der Waals surface area contributed by atoms with Crippen molar-refractivity contribution in [3.05, 3.63) is 22.7 Å². The van der Waals surface area contributed by atoms with Crippen molar-refractivity contribution in [1.82, 2.24) is 5.32 Å². The van der Waals surface area contributed by atoms with Gasteiger partial charge in [0, 0.05) is 31.1 Å². The average molecular weight is 355 g/mol. The van der Waals surface area contributed by atoms with Crippen LogP contribution in [0.1, 0.15) is 32.6 Å². The first kappa shape index (κ1) is 15.8. The molecule has 1 aliphatic carbocycles. The number of carbonyl (C=O) groups is 2. The van der Waals surface area contributed by atoms with E-state index in [4.69, 9.17) is 4.74 Å². The minimum absolute atomic E-state index is 0.0900. The van der Waals surface area contributed by atoms with Crippen LogP contribution in [0.15, 0.2) is 22.7 Å². The number of rotatable bonds is 7. The van der Waals surface area contributed by atoms with Gasteiger partial charge in [0.1, 0.15) is 5.75 Å². The molecule has 0 heterocycles. The van der Waals surface area contributed by atoms with Crippen LogP contribution in [0.4, 0.5) is 5.69 Å². The summed E-state index contributed by atoms with van der Waals surface area (Å²) in [7, 11) is 0. The zero-order valence-electron chi connectivity index (χ0n) is 11.9. The summed E-state index contributed by atoms with van der Waals surface area (Å²) in [6, 6.07) is 5.78. The second kappa shape index (κ2) is 7.45. The second-order valence-electron chi connectivity index (χ2n) is 5.12. The lowest BCUT2D eigenvalue weighted by molar-refractivity contribution is -0.121. The van der Waals surface area contributed by atoms with Crippen molar-refractivity contribution < 1.29 is 14.3 Å². The summed E-state index contributed by atoms with van der Waals surface area (Å²) < 4.78 is 6.47. The number of carbonyl (C=O) groups excluding carboxylic acids is 2. The van der Waals surface area contributed by atoms with E-state index >= 15 is 0 Å². The van der Waals surface area contributed by atoms with Gasteiger partial charge in [0.2, 0.25) is 11.8 Å². The van der Waals surface area contributed by atoms with Crippen LogP contribution in [-0.4, -0.2) is 24.5 Å². The van der Waals surface area contributed by atoms with E-state index in [9.17, 15) is 9.59 Å². The molecule has 2 N–H and O–H groups in total. The number of nitrogens with one attached hydrogen (secondary N) is 2. The Morgan fingerprint density at radius 3 is 2.81 bits per heavy atom. The molecular weight excluding hydrogens is 336 g/mol. The van der Waals surface area contributed by atoms with Crippen molar-refractivity contribution in [1.29, 1.82) is 0 Å². The molecule has 5 nitrogen and oxygen atoms in total. The number of amides is 2. The Bertz CT molecular complexity index is 530. The Kier molecular flexibility index (Phi) is 5.61. The van der Waals surface area contributed by atoms with Crippen LogP contribution in [0, 0.1) is 0 Å². The highest BCUT2D eigenvalue weighted by Gasteiger charge is 2.22. The predicted molar refractivity (Wildman–Crippen MR) is 84.3 cm³/mol. The van der Waals surface area contributed by atoms with Gasteiger partial charge in [0.05, 0.1) is 11.1 Å². The quantitative estimate of drug-likeness (QED) is 0.739. The van der Waals surface area contributed by atoms with Gasteiger partial charge in [-0.1, -0.05) is 0 Å². The van der Waals surface area contributed by atoms with Gasteiger partial charge in [0.25, 0.3) is 0 Å². The number of anilines is 1. The van der Waals surface area contributed by atoms with Crippen LogP contribution in [0.2, 0.25) is 0 Å². The second-order valence-corrected chi connectivity index (χ2v) is 5.97. The topological polar surface area (TPSA) is 67.4 Å². The van der Waals surface area contributed by atoms with Crippen LogP contribution >= 0.6 is 15.9 Å². The Hall–Kier alpha value is -1.56. The van der Waals surface area contributed by atoms with Gasteiger partial charge < -0.3 is 15.4 Å². The summed E-state index contributed by atoms with van der Waals surface area (Å²) in [6.45, 7) is 1.92. The Balaban J connectivity index is 1.76. The number of hydrogen-bond donors (Lipinski definition) is 2. The zero-order chi connectivity index (χ0) is 15.2. The van der Waals surface area contributed by atoms with Gasteiger partial charge >= 0.3 is 0 Å². The third-order valence-corrected chi connectivity index (χ3v) is 3.65. The molecule has 6 heteroatoms. The molecule has 21 heavy (non-hydrogen) atoms. The fourth-order valence-corrected chi connectivity index (χ4v) is 2.20. The first-order valence-electron chi connectivity index (χ1n) is 7.04. The van der Waals surface area contributed by atoms with Gasteiger partial charge in [-0.05, 0) is 47.3 Å². The van der Waals surface area contributed by atoms with E-state index in [1.165, 1.54) is 6.92 Å². The molecule has 0 atom stereocenters. The first-order valence-corrected chi connectivity index (χ1v) is 7.83. The molecule has 2 rings (SSSR count). The molecular formula is C15H19BrN2O3. The van der Waals surface area contributed by atoms with Crippen molar-refractivity contribution in [2.75, 3.05) is 11.9 Å². The molecule has 0 unspecified atom stereocenters. The maximum atomic E-state index is 11.5. The standard InChI is InChI=1S/C15H19BrN2O3/c1-10(19)17-12-6-7-13(16)14(9-12)21-8-2-3-15(20)18-11-4-5-11/h6-7,9,11H,2-5,8H2,1H3,(H,17,19)(H,18,20). The average Bonchev–Trinajstić information content (AvgIpc) is 3.21. The van der Waals surface area contributed by atoms with E-state index < -0.39 is 0 Å². The van der Waals surface area contributed by atoms with Gasteiger partial charge in [-0.25, -0.2) is 0 Å². The van der Waals surface area contributed by atoms with Crippen molar-refractivity contribution in [2.45, 2.75) is 38.6 Å². The largest absolute Gasteiger partial charge is 0.492 e. The van der Waals surface area contributed by atoms with Crippen LogP contribution in [0.3, 0.4) is 0 Å². The van der Waals surface area contributed by atoms with E-state index in [1.54, 1.807) is 12.1 Å². The third kappa shape index (κ3) is 5.75. The molecule has 1 aromatic carbocycles. The zero-order valence-corrected chi connectivity index (χ0v) is 13.5. The Morgan fingerprint density at radius 2 is 2.14 bits per heavy atom. The van der Waals surface area contributed by atoms with Gasteiger partial charge in [-0.15, -0.1) is 0 Å². The SMILES string of the molecule is CC(=O)Nc1ccc(Br)c(OCCCC(=O)NC2CC2)c1. The van der Waals surface area contributed by atoms with Crippen LogP contribution in [-0.2, 0) is 9.59 Å². The Morgan fingerprint density at radius 1 is 1.38 bits per heavy atom. The summed E-state index contributed by atoms with van der Waals surface area (Å²) in [6.07, 6.45) is 3.34. The molecule has 0 bridgehead atoms. The number of hydrogen-bond acceptors (Lipinski definition) is 3. The predicted octanol–water partition coefficient (Wildman–Crippen LogP) is 2.85. The maximum absolute atomic E-state index is 11.5. The van der Waals surface area contributed by atoms with Crippen molar-refractivity contribution in [2.24, 2.45) is 0 Å². The van der Waals surface area contributed by atoms with Crippen molar-refractivity contribution in [3.63, 3.8) is 0 Å². The van der Waals surface area contributed by atoms with E-state index in [2.05, 4.69) is 26.6 Å². The number of benzene rings is 1. The van der Waals surface area contributed by atoms with E-state index in [1.807, 2.05) is 6.07 Å². The summed E-state index contributed by atoms with van der Waals surface area (Å²) in [4.78, 5) is 22.6. The molecule has 0 spiro atoms. The first-order chi connectivity index (χ1) is 10.0. The summed E-state index contributed by atoms with van der Waals surface area (Å²) >= 11 is 3.40. The van der Waals surface area contributed by atoms with E-state index in [-0.39, 0.29) is 11.8 Å². The van der Waals surface area contributed by atoms with Crippen LogP contribution in [0.25, 0.3) is 0 Å². The molecule has 1 aliphatic rings. The van der Waals surface area contributed by atoms with Crippen LogP contribution in [0.5, 0.6) is 5.75 Å². The van der Waals surface area contributed by atoms with Gasteiger partial charge in [-0.2, -0.15) is 0 Å². The highest BCUT2D eigenvalue weighted by molar-refractivity contribution is 9.10. The van der Waals surface area contributed by atoms with Gasteiger partial charge in [0.15, 0.2) is 0 Å². The molecule has 0 aromatic heterocycles. The molecule has 1 fully saturated rings. The van der Waals surface area contributed by atoms with Gasteiger partial charge in [-0.3, -0.25) is 9.59 Å². The minimum atomic E-state index is -0.125. The molecule has 0 saturated heterocycles. The fraction of sp³-hybridized carbons (Fsp3) is 0.467. The van der Waals surface area contributed by atoms with Crippen molar-refractivity contribution >= 4 is 33.4 Å². The number of ether oxygens (including phenoxy) is 1. The molecule has 1 saturated carbocycles. The number of halogens is 1. The molecule has 0 aliphatic heterocycles. The molecule has 1 aromatic rings. The lowest BCUT2D eigenvalue weighted by atomic mass is 10.3. The minimum Gasteiger partial charge on any atom is -0.492 e. The lowest BCUT2D eigenvalue weighted by Crippen LogP contribution is -2.25. The highest BCUT2D eigenvalue weighted by Crippen LogP contribution is 2.28. The Labute approximate surface area is 132 Å². The fourth-order valence-electron chi connectivity index (χ4n) is 1.84. The van der Waals surface area contributed by atoms with Crippen LogP contribution < -0.4 is 15.4 Å².